The standard InChI is InChI=1S/C23H27N5O3/c1-14-9-16(7-8-30-14)28-20(13-26-22(29)31-23(2,3)4)27-19-12-25-18-6-5-15(11-24)10-17(18)21(19)28/h5-6,10,12,14,16H,7-9,13H2,1-4H3,(H,26,29)/t14-,16-/m1/s1. The van der Waals surface area contributed by atoms with Gasteiger partial charge < -0.3 is 19.4 Å². The number of imidazole rings is 1. The Kier molecular flexibility index (Phi) is 5.54. The van der Waals surface area contributed by atoms with Crippen LogP contribution in [0.5, 0.6) is 0 Å². The van der Waals surface area contributed by atoms with Crippen LogP contribution >= 0.6 is 0 Å². The fourth-order valence-corrected chi connectivity index (χ4v) is 4.09. The summed E-state index contributed by atoms with van der Waals surface area (Å²) in [4.78, 5) is 21.6. The summed E-state index contributed by atoms with van der Waals surface area (Å²) < 4.78 is 13.3. The number of nitriles is 1. The van der Waals surface area contributed by atoms with Gasteiger partial charge in [0.05, 0.1) is 41.5 Å². The number of fused-ring (bicyclic) bond motifs is 3. The van der Waals surface area contributed by atoms with Gasteiger partial charge in [-0.05, 0) is 58.7 Å². The van der Waals surface area contributed by atoms with Crippen molar-refractivity contribution in [2.75, 3.05) is 6.61 Å². The second-order valence-electron chi connectivity index (χ2n) is 8.95. The quantitative estimate of drug-likeness (QED) is 0.679. The smallest absolute Gasteiger partial charge is 0.408 e. The predicted octanol–water partition coefficient (Wildman–Crippen LogP) is 4.22. The molecule has 3 aromatic rings. The summed E-state index contributed by atoms with van der Waals surface area (Å²) in [6, 6.07) is 7.86. The van der Waals surface area contributed by atoms with E-state index in [0.717, 1.165) is 40.6 Å². The normalized spacial score (nSPS) is 19.3. The number of alkyl carbamates (subject to hydrolysis) is 1. The molecule has 2 aromatic heterocycles. The summed E-state index contributed by atoms with van der Waals surface area (Å²) in [6.07, 6.45) is 3.08. The average Bonchev–Trinajstić information content (AvgIpc) is 3.09. The minimum Gasteiger partial charge on any atom is -0.444 e. The molecule has 1 aliphatic heterocycles. The molecule has 0 radical (unpaired) electrons. The molecular formula is C23H27N5O3. The molecule has 0 saturated carbocycles. The van der Waals surface area contributed by atoms with Gasteiger partial charge in [0.15, 0.2) is 0 Å². The zero-order chi connectivity index (χ0) is 22.2. The highest BCUT2D eigenvalue weighted by atomic mass is 16.6. The zero-order valence-electron chi connectivity index (χ0n) is 18.3. The first-order valence-corrected chi connectivity index (χ1v) is 10.5. The lowest BCUT2D eigenvalue weighted by molar-refractivity contribution is 0.00609. The van der Waals surface area contributed by atoms with Crippen LogP contribution in [0.3, 0.4) is 0 Å². The summed E-state index contributed by atoms with van der Waals surface area (Å²) in [6.45, 7) is 8.45. The molecule has 1 saturated heterocycles. The number of aromatic nitrogens is 3. The van der Waals surface area contributed by atoms with Crippen LogP contribution in [0.1, 0.15) is 58.0 Å². The molecule has 0 bridgehead atoms. The van der Waals surface area contributed by atoms with Gasteiger partial charge in [-0.15, -0.1) is 0 Å². The van der Waals surface area contributed by atoms with Crippen molar-refractivity contribution in [2.24, 2.45) is 0 Å². The maximum absolute atomic E-state index is 12.2. The van der Waals surface area contributed by atoms with Gasteiger partial charge in [-0.1, -0.05) is 0 Å². The van der Waals surface area contributed by atoms with Gasteiger partial charge in [-0.3, -0.25) is 4.98 Å². The number of hydrogen-bond acceptors (Lipinski definition) is 6. The molecule has 0 unspecified atom stereocenters. The van der Waals surface area contributed by atoms with E-state index in [2.05, 4.69) is 27.9 Å². The van der Waals surface area contributed by atoms with Crippen LogP contribution in [0.4, 0.5) is 4.79 Å². The van der Waals surface area contributed by atoms with Crippen molar-refractivity contribution in [1.29, 1.82) is 5.26 Å². The number of carbonyl (C=O) groups is 1. The monoisotopic (exact) mass is 421 g/mol. The van der Waals surface area contributed by atoms with Gasteiger partial charge in [0.1, 0.15) is 16.9 Å². The van der Waals surface area contributed by atoms with Crippen molar-refractivity contribution >= 4 is 28.0 Å². The van der Waals surface area contributed by atoms with Crippen LogP contribution in [-0.2, 0) is 16.0 Å². The highest BCUT2D eigenvalue weighted by molar-refractivity contribution is 6.02. The van der Waals surface area contributed by atoms with Gasteiger partial charge in [0.25, 0.3) is 0 Å². The Hall–Kier alpha value is -3.18. The minimum atomic E-state index is -0.575. The van der Waals surface area contributed by atoms with E-state index in [4.69, 9.17) is 14.5 Å². The third kappa shape index (κ3) is 4.47. The zero-order valence-corrected chi connectivity index (χ0v) is 18.3. The van der Waals surface area contributed by atoms with Crippen LogP contribution in [0.25, 0.3) is 21.9 Å². The van der Waals surface area contributed by atoms with Crippen molar-refractivity contribution in [2.45, 2.75) is 64.8 Å². The van der Waals surface area contributed by atoms with Crippen molar-refractivity contribution < 1.29 is 14.3 Å². The molecule has 1 aliphatic rings. The van der Waals surface area contributed by atoms with Gasteiger partial charge in [-0.25, -0.2) is 9.78 Å². The van der Waals surface area contributed by atoms with Gasteiger partial charge >= 0.3 is 6.09 Å². The van der Waals surface area contributed by atoms with E-state index in [1.54, 1.807) is 12.3 Å². The molecule has 1 fully saturated rings. The van der Waals surface area contributed by atoms with Gasteiger partial charge in [0, 0.05) is 18.0 Å². The van der Waals surface area contributed by atoms with E-state index >= 15 is 0 Å². The molecule has 162 valence electrons. The molecule has 2 atom stereocenters. The Labute approximate surface area is 181 Å². The molecule has 0 spiro atoms. The Morgan fingerprint density at radius 3 is 2.90 bits per heavy atom. The third-order valence-corrected chi connectivity index (χ3v) is 5.33. The second kappa shape index (κ2) is 8.16. The van der Waals surface area contributed by atoms with Crippen LogP contribution in [0, 0.1) is 11.3 Å². The van der Waals surface area contributed by atoms with Crippen LogP contribution < -0.4 is 5.32 Å². The second-order valence-corrected chi connectivity index (χ2v) is 8.95. The predicted molar refractivity (Wildman–Crippen MR) is 117 cm³/mol. The number of nitrogens with one attached hydrogen (secondary N) is 1. The number of pyridine rings is 1. The number of ether oxygens (including phenoxy) is 2. The molecule has 4 rings (SSSR count). The Morgan fingerprint density at radius 1 is 1.39 bits per heavy atom. The number of carbonyl (C=O) groups excluding carboxylic acids is 1. The minimum absolute atomic E-state index is 0.130. The van der Waals surface area contributed by atoms with Gasteiger partial charge in [-0.2, -0.15) is 5.26 Å². The lowest BCUT2D eigenvalue weighted by atomic mass is 10.0. The van der Waals surface area contributed by atoms with E-state index in [1.165, 1.54) is 0 Å². The molecule has 31 heavy (non-hydrogen) atoms. The highest BCUT2D eigenvalue weighted by Crippen LogP contribution is 2.33. The molecule has 1 amide bonds. The summed E-state index contributed by atoms with van der Waals surface area (Å²) in [5.74, 6) is 0.733. The number of hydrogen-bond donors (Lipinski definition) is 1. The molecular weight excluding hydrogens is 394 g/mol. The Morgan fingerprint density at radius 2 is 2.19 bits per heavy atom. The van der Waals surface area contributed by atoms with E-state index in [9.17, 15) is 10.1 Å². The van der Waals surface area contributed by atoms with Crippen molar-refractivity contribution in [3.63, 3.8) is 0 Å². The average molecular weight is 422 g/mol. The maximum atomic E-state index is 12.2. The van der Waals surface area contributed by atoms with E-state index in [1.807, 2.05) is 32.9 Å². The Balaban J connectivity index is 1.81. The molecule has 8 nitrogen and oxygen atoms in total. The third-order valence-electron chi connectivity index (χ3n) is 5.33. The topological polar surface area (TPSA) is 102 Å². The number of amides is 1. The van der Waals surface area contributed by atoms with Crippen molar-refractivity contribution in [3.8, 4) is 6.07 Å². The number of nitrogens with zero attached hydrogens (tertiary/aromatic N) is 4. The number of rotatable bonds is 3. The first-order valence-electron chi connectivity index (χ1n) is 10.5. The van der Waals surface area contributed by atoms with Crippen LogP contribution in [0.2, 0.25) is 0 Å². The Bertz CT molecular complexity index is 1170. The number of benzene rings is 1. The first kappa shape index (κ1) is 21.1. The first-order chi connectivity index (χ1) is 14.7. The summed E-state index contributed by atoms with van der Waals surface area (Å²) in [5, 5.41) is 13.1. The molecule has 0 aliphatic carbocycles. The largest absolute Gasteiger partial charge is 0.444 e. The molecule has 1 aromatic carbocycles. The van der Waals surface area contributed by atoms with E-state index in [-0.39, 0.29) is 18.7 Å². The summed E-state index contributed by atoms with van der Waals surface area (Å²) in [7, 11) is 0. The van der Waals surface area contributed by atoms with E-state index < -0.39 is 11.7 Å². The van der Waals surface area contributed by atoms with E-state index in [0.29, 0.717) is 12.2 Å². The fourth-order valence-electron chi connectivity index (χ4n) is 4.09. The SMILES string of the molecule is C[C@@H]1C[C@H](n2c(CNC(=O)OC(C)(C)C)nc3cnc4ccc(C#N)cc4c32)CCO1. The molecule has 8 heteroatoms. The lowest BCUT2D eigenvalue weighted by Crippen LogP contribution is -2.33. The highest BCUT2D eigenvalue weighted by Gasteiger charge is 2.27. The summed E-state index contributed by atoms with van der Waals surface area (Å²) >= 11 is 0. The maximum Gasteiger partial charge on any atom is 0.408 e. The molecule has 3 heterocycles. The van der Waals surface area contributed by atoms with Gasteiger partial charge in [0.2, 0.25) is 0 Å². The van der Waals surface area contributed by atoms with Crippen molar-refractivity contribution in [1.82, 2.24) is 19.9 Å². The molecule has 1 N–H and O–H groups in total. The van der Waals surface area contributed by atoms with Crippen LogP contribution in [0.15, 0.2) is 24.4 Å². The van der Waals surface area contributed by atoms with Crippen molar-refractivity contribution in [3.05, 3.63) is 35.8 Å². The lowest BCUT2D eigenvalue weighted by Gasteiger charge is -2.30. The summed E-state index contributed by atoms with van der Waals surface area (Å²) in [5.41, 5.74) is 2.47. The fraction of sp³-hybridized carbons (Fsp3) is 0.478. The van der Waals surface area contributed by atoms with Crippen LogP contribution in [-0.4, -0.2) is 38.9 Å².